The summed E-state index contributed by atoms with van der Waals surface area (Å²) >= 11 is 11.7. The SMILES string of the molecule is CC(C)CC(O)CNc1cc(Cl)c(Cl)cc1N. The first-order chi connectivity index (χ1) is 7.90. The number of nitrogens with one attached hydrogen (secondary N) is 1. The van der Waals surface area contributed by atoms with Crippen LogP contribution in [0.25, 0.3) is 0 Å². The molecule has 0 fully saturated rings. The van der Waals surface area contributed by atoms with E-state index >= 15 is 0 Å². The number of aliphatic hydroxyl groups is 1. The third kappa shape index (κ3) is 4.62. The molecule has 0 aliphatic rings. The second-order valence-electron chi connectivity index (χ2n) is 4.52. The molecule has 5 heteroatoms. The number of rotatable bonds is 5. The number of benzene rings is 1. The Bertz CT molecular complexity index is 383. The van der Waals surface area contributed by atoms with Crippen molar-refractivity contribution in [1.82, 2.24) is 0 Å². The molecule has 0 saturated heterocycles. The topological polar surface area (TPSA) is 58.3 Å². The first-order valence-corrected chi connectivity index (χ1v) is 6.32. The number of hydrogen-bond donors (Lipinski definition) is 3. The van der Waals surface area contributed by atoms with E-state index < -0.39 is 6.10 Å². The third-order valence-corrected chi connectivity index (χ3v) is 3.09. The Morgan fingerprint density at radius 3 is 2.47 bits per heavy atom. The fourth-order valence-electron chi connectivity index (χ4n) is 1.57. The van der Waals surface area contributed by atoms with Gasteiger partial charge in [0, 0.05) is 6.54 Å². The fraction of sp³-hybridized carbons (Fsp3) is 0.500. The van der Waals surface area contributed by atoms with Gasteiger partial charge in [0.15, 0.2) is 0 Å². The van der Waals surface area contributed by atoms with Gasteiger partial charge in [-0.25, -0.2) is 0 Å². The summed E-state index contributed by atoms with van der Waals surface area (Å²) in [5.41, 5.74) is 7.01. The maximum atomic E-state index is 9.73. The van der Waals surface area contributed by atoms with Gasteiger partial charge in [-0.3, -0.25) is 0 Å². The van der Waals surface area contributed by atoms with Crippen molar-refractivity contribution in [2.45, 2.75) is 26.4 Å². The van der Waals surface area contributed by atoms with E-state index in [1.807, 2.05) is 0 Å². The molecule has 0 bridgehead atoms. The first kappa shape index (κ1) is 14.4. The van der Waals surface area contributed by atoms with Crippen molar-refractivity contribution in [3.05, 3.63) is 22.2 Å². The molecule has 0 aliphatic heterocycles. The largest absolute Gasteiger partial charge is 0.397 e. The lowest BCUT2D eigenvalue weighted by Gasteiger charge is -2.16. The number of halogens is 2. The highest BCUT2D eigenvalue weighted by molar-refractivity contribution is 6.42. The van der Waals surface area contributed by atoms with Crippen molar-refractivity contribution in [3.8, 4) is 0 Å². The van der Waals surface area contributed by atoms with Crippen molar-refractivity contribution in [2.24, 2.45) is 5.92 Å². The van der Waals surface area contributed by atoms with E-state index in [0.717, 1.165) is 6.42 Å². The average Bonchev–Trinajstić information content (AvgIpc) is 2.20. The minimum absolute atomic E-state index is 0.399. The highest BCUT2D eigenvalue weighted by Crippen LogP contribution is 2.30. The molecule has 0 spiro atoms. The zero-order chi connectivity index (χ0) is 13.0. The van der Waals surface area contributed by atoms with Crippen molar-refractivity contribution in [1.29, 1.82) is 0 Å². The zero-order valence-corrected chi connectivity index (χ0v) is 11.5. The van der Waals surface area contributed by atoms with Crippen LogP contribution in [0.15, 0.2) is 12.1 Å². The van der Waals surface area contributed by atoms with Crippen LogP contribution in [0.1, 0.15) is 20.3 Å². The second kappa shape index (κ2) is 6.34. The molecule has 0 aromatic heterocycles. The molecule has 1 aromatic carbocycles. The smallest absolute Gasteiger partial charge is 0.0715 e. The summed E-state index contributed by atoms with van der Waals surface area (Å²) in [6.07, 6.45) is 0.345. The Morgan fingerprint density at radius 1 is 1.29 bits per heavy atom. The minimum Gasteiger partial charge on any atom is -0.397 e. The average molecular weight is 277 g/mol. The van der Waals surface area contributed by atoms with Crippen molar-refractivity contribution in [2.75, 3.05) is 17.6 Å². The van der Waals surface area contributed by atoms with Crippen LogP contribution >= 0.6 is 23.2 Å². The van der Waals surface area contributed by atoms with Crippen LogP contribution in [-0.4, -0.2) is 17.8 Å². The summed E-state index contributed by atoms with van der Waals surface area (Å²) in [5.74, 6) is 0.456. The second-order valence-corrected chi connectivity index (χ2v) is 5.33. The van der Waals surface area contributed by atoms with Gasteiger partial charge in [-0.15, -0.1) is 0 Å². The lowest BCUT2D eigenvalue weighted by molar-refractivity contribution is 0.161. The van der Waals surface area contributed by atoms with Crippen LogP contribution in [-0.2, 0) is 0 Å². The van der Waals surface area contributed by atoms with Gasteiger partial charge in [0.25, 0.3) is 0 Å². The molecule has 1 unspecified atom stereocenters. The number of anilines is 2. The summed E-state index contributed by atoms with van der Waals surface area (Å²) in [6, 6.07) is 3.27. The van der Waals surface area contributed by atoms with Crippen molar-refractivity contribution in [3.63, 3.8) is 0 Å². The van der Waals surface area contributed by atoms with E-state index in [9.17, 15) is 5.11 Å². The Labute approximate surface area is 112 Å². The van der Waals surface area contributed by atoms with E-state index in [1.54, 1.807) is 12.1 Å². The highest BCUT2D eigenvalue weighted by Gasteiger charge is 2.09. The molecule has 0 heterocycles. The molecular weight excluding hydrogens is 259 g/mol. The van der Waals surface area contributed by atoms with E-state index in [2.05, 4.69) is 19.2 Å². The molecular formula is C12H18Cl2N2O. The molecule has 0 radical (unpaired) electrons. The Kier molecular flexibility index (Phi) is 5.37. The van der Waals surface area contributed by atoms with Crippen LogP contribution in [0.5, 0.6) is 0 Å². The Hall–Kier alpha value is -0.640. The van der Waals surface area contributed by atoms with E-state index in [4.69, 9.17) is 28.9 Å². The van der Waals surface area contributed by atoms with E-state index in [-0.39, 0.29) is 0 Å². The summed E-state index contributed by atoms with van der Waals surface area (Å²) in [4.78, 5) is 0. The third-order valence-electron chi connectivity index (χ3n) is 2.36. The van der Waals surface area contributed by atoms with Gasteiger partial charge in [0.2, 0.25) is 0 Å². The molecule has 17 heavy (non-hydrogen) atoms. The molecule has 1 atom stereocenters. The van der Waals surface area contributed by atoms with Crippen LogP contribution in [0.2, 0.25) is 10.0 Å². The molecule has 0 amide bonds. The molecule has 4 N–H and O–H groups in total. The van der Waals surface area contributed by atoms with Crippen LogP contribution in [0.3, 0.4) is 0 Å². The highest BCUT2D eigenvalue weighted by atomic mass is 35.5. The quantitative estimate of drug-likeness (QED) is 0.723. The first-order valence-electron chi connectivity index (χ1n) is 5.56. The van der Waals surface area contributed by atoms with Crippen molar-refractivity contribution < 1.29 is 5.11 Å². The monoisotopic (exact) mass is 276 g/mol. The molecule has 3 nitrogen and oxygen atoms in total. The van der Waals surface area contributed by atoms with Gasteiger partial charge in [-0.05, 0) is 24.5 Å². The maximum absolute atomic E-state index is 9.73. The summed E-state index contributed by atoms with van der Waals surface area (Å²) in [7, 11) is 0. The van der Waals surface area contributed by atoms with Crippen molar-refractivity contribution >= 4 is 34.6 Å². The number of aliphatic hydroxyl groups excluding tert-OH is 1. The van der Waals surface area contributed by atoms with Crippen LogP contribution in [0, 0.1) is 5.92 Å². The summed E-state index contributed by atoms with van der Waals surface area (Å²) in [5, 5.41) is 13.7. The van der Waals surface area contributed by atoms with Gasteiger partial charge >= 0.3 is 0 Å². The van der Waals surface area contributed by atoms with E-state index in [1.165, 1.54) is 0 Å². The lowest BCUT2D eigenvalue weighted by Crippen LogP contribution is -2.21. The lowest BCUT2D eigenvalue weighted by atomic mass is 10.1. The Morgan fingerprint density at radius 2 is 1.88 bits per heavy atom. The normalized spacial score (nSPS) is 12.8. The number of hydrogen-bond acceptors (Lipinski definition) is 3. The van der Waals surface area contributed by atoms with Crippen LogP contribution < -0.4 is 11.1 Å². The number of nitrogens with two attached hydrogens (primary N) is 1. The minimum atomic E-state index is -0.399. The standard InChI is InChI=1S/C12H18Cl2N2O/c1-7(2)3-8(17)6-16-12-5-10(14)9(13)4-11(12)15/h4-5,7-8,16-17H,3,6,15H2,1-2H3. The Balaban J connectivity index is 2.60. The van der Waals surface area contributed by atoms with Crippen LogP contribution in [0.4, 0.5) is 11.4 Å². The summed E-state index contributed by atoms with van der Waals surface area (Å²) in [6.45, 7) is 4.58. The van der Waals surface area contributed by atoms with Gasteiger partial charge < -0.3 is 16.2 Å². The predicted octanol–water partition coefficient (Wildman–Crippen LogP) is 3.39. The van der Waals surface area contributed by atoms with Gasteiger partial charge in [0.05, 0.1) is 27.5 Å². The van der Waals surface area contributed by atoms with Gasteiger partial charge in [-0.2, -0.15) is 0 Å². The molecule has 1 aromatic rings. The molecule has 96 valence electrons. The van der Waals surface area contributed by atoms with E-state index in [0.29, 0.717) is 33.9 Å². The fourth-order valence-corrected chi connectivity index (χ4v) is 1.91. The maximum Gasteiger partial charge on any atom is 0.0715 e. The molecule has 1 rings (SSSR count). The summed E-state index contributed by atoms with van der Waals surface area (Å²) < 4.78 is 0. The van der Waals surface area contributed by atoms with Gasteiger partial charge in [0.1, 0.15) is 0 Å². The molecule has 0 saturated carbocycles. The molecule has 0 aliphatic carbocycles. The van der Waals surface area contributed by atoms with Gasteiger partial charge in [-0.1, -0.05) is 37.0 Å². The predicted molar refractivity (Wildman–Crippen MR) is 74.8 cm³/mol. The number of nitrogen functional groups attached to an aromatic ring is 1. The zero-order valence-electron chi connectivity index (χ0n) is 10.0.